The van der Waals surface area contributed by atoms with Crippen LogP contribution in [0.15, 0.2) is 18.2 Å². The van der Waals surface area contributed by atoms with E-state index in [1.807, 2.05) is 12.1 Å². The molecule has 1 aromatic rings. The highest BCUT2D eigenvalue weighted by Crippen LogP contribution is 2.26. The lowest BCUT2D eigenvalue weighted by Gasteiger charge is -2.25. The molecule has 0 amide bonds. The summed E-state index contributed by atoms with van der Waals surface area (Å²) in [6.07, 6.45) is 3.76. The molecule has 0 bridgehead atoms. The van der Waals surface area contributed by atoms with E-state index in [1.54, 1.807) is 0 Å². The van der Waals surface area contributed by atoms with Crippen LogP contribution in [0.3, 0.4) is 0 Å². The third kappa shape index (κ3) is 2.84. The van der Waals surface area contributed by atoms with E-state index in [2.05, 4.69) is 24.8 Å². The summed E-state index contributed by atoms with van der Waals surface area (Å²) in [4.78, 5) is 2.40. The minimum Gasteiger partial charge on any atom is -0.384 e. The van der Waals surface area contributed by atoms with Crippen LogP contribution < -0.4 is 10.6 Å². The number of amidine groups is 1. The maximum atomic E-state index is 7.71. The molecule has 18 heavy (non-hydrogen) atoms. The fourth-order valence-electron chi connectivity index (χ4n) is 2.63. The molecule has 1 heterocycles. The van der Waals surface area contributed by atoms with E-state index < -0.39 is 0 Å². The topological polar surface area (TPSA) is 53.1 Å². The van der Waals surface area contributed by atoms with Gasteiger partial charge in [0.1, 0.15) is 5.84 Å². The van der Waals surface area contributed by atoms with Gasteiger partial charge in [-0.3, -0.25) is 5.41 Å². The fourth-order valence-corrected chi connectivity index (χ4v) is 2.63. The Morgan fingerprint density at radius 3 is 2.83 bits per heavy atom. The summed E-state index contributed by atoms with van der Waals surface area (Å²) in [5.74, 6) is 0.975. The van der Waals surface area contributed by atoms with E-state index >= 15 is 0 Å². The first kappa shape index (κ1) is 12.9. The van der Waals surface area contributed by atoms with Crippen molar-refractivity contribution in [2.45, 2.75) is 33.1 Å². The van der Waals surface area contributed by atoms with Crippen molar-refractivity contribution < 1.29 is 0 Å². The zero-order valence-electron chi connectivity index (χ0n) is 11.4. The quantitative estimate of drug-likeness (QED) is 0.622. The average molecular weight is 245 g/mol. The smallest absolute Gasteiger partial charge is 0.124 e. The number of nitrogens with one attached hydrogen (secondary N) is 1. The van der Waals surface area contributed by atoms with Gasteiger partial charge in [0.2, 0.25) is 0 Å². The molecule has 3 nitrogen and oxygen atoms in total. The van der Waals surface area contributed by atoms with Gasteiger partial charge in [0, 0.05) is 24.3 Å². The molecular formula is C15H23N3. The zero-order valence-corrected chi connectivity index (χ0v) is 11.4. The number of benzene rings is 1. The molecular weight excluding hydrogens is 222 g/mol. The van der Waals surface area contributed by atoms with Gasteiger partial charge < -0.3 is 10.6 Å². The SMILES string of the molecule is Cc1ccc(C(=N)N)c(N2CCCC(C)CC2)c1. The molecule has 0 aliphatic carbocycles. The third-order valence-corrected chi connectivity index (χ3v) is 3.80. The van der Waals surface area contributed by atoms with Crippen LogP contribution in [0.4, 0.5) is 5.69 Å². The highest BCUT2D eigenvalue weighted by molar-refractivity contribution is 6.00. The number of nitrogen functional groups attached to an aromatic ring is 1. The van der Waals surface area contributed by atoms with Gasteiger partial charge in [-0.25, -0.2) is 0 Å². The molecule has 1 atom stereocenters. The van der Waals surface area contributed by atoms with Crippen LogP contribution in [0, 0.1) is 18.3 Å². The molecule has 1 aromatic carbocycles. The summed E-state index contributed by atoms with van der Waals surface area (Å²) >= 11 is 0. The number of rotatable bonds is 2. The van der Waals surface area contributed by atoms with E-state index in [4.69, 9.17) is 11.1 Å². The van der Waals surface area contributed by atoms with Crippen molar-refractivity contribution in [3.05, 3.63) is 29.3 Å². The molecule has 1 aliphatic heterocycles. The summed E-state index contributed by atoms with van der Waals surface area (Å²) in [6, 6.07) is 6.16. The number of anilines is 1. The van der Waals surface area contributed by atoms with Crippen molar-refractivity contribution in [1.82, 2.24) is 0 Å². The van der Waals surface area contributed by atoms with Crippen LogP contribution in [0.2, 0.25) is 0 Å². The first-order valence-corrected chi connectivity index (χ1v) is 6.78. The Balaban J connectivity index is 2.30. The van der Waals surface area contributed by atoms with Gasteiger partial charge >= 0.3 is 0 Å². The van der Waals surface area contributed by atoms with Crippen molar-refractivity contribution >= 4 is 11.5 Å². The lowest BCUT2D eigenvalue weighted by molar-refractivity contribution is 0.521. The Kier molecular flexibility index (Phi) is 3.90. The molecule has 3 heteroatoms. The fraction of sp³-hybridized carbons (Fsp3) is 0.533. The number of hydrogen-bond donors (Lipinski definition) is 2. The summed E-state index contributed by atoms with van der Waals surface area (Å²) in [7, 11) is 0. The molecule has 1 aliphatic rings. The van der Waals surface area contributed by atoms with Crippen molar-refractivity contribution in [3.63, 3.8) is 0 Å². The Morgan fingerprint density at radius 2 is 2.11 bits per heavy atom. The van der Waals surface area contributed by atoms with Gasteiger partial charge in [0.25, 0.3) is 0 Å². The lowest BCUT2D eigenvalue weighted by atomic mass is 10.0. The number of nitrogens with zero attached hydrogens (tertiary/aromatic N) is 1. The highest BCUT2D eigenvalue weighted by atomic mass is 15.1. The summed E-state index contributed by atoms with van der Waals surface area (Å²) < 4.78 is 0. The molecule has 0 saturated carbocycles. The zero-order chi connectivity index (χ0) is 13.1. The molecule has 3 N–H and O–H groups in total. The monoisotopic (exact) mass is 245 g/mol. The minimum atomic E-state index is 0.169. The van der Waals surface area contributed by atoms with E-state index in [-0.39, 0.29) is 5.84 Å². The van der Waals surface area contributed by atoms with Crippen molar-refractivity contribution in [2.24, 2.45) is 11.7 Å². The molecule has 1 unspecified atom stereocenters. The maximum Gasteiger partial charge on any atom is 0.124 e. The minimum absolute atomic E-state index is 0.169. The Hall–Kier alpha value is -1.51. The predicted octanol–water partition coefficient (Wildman–Crippen LogP) is 2.91. The Bertz CT molecular complexity index is 439. The van der Waals surface area contributed by atoms with Crippen LogP contribution in [0.5, 0.6) is 0 Å². The van der Waals surface area contributed by atoms with E-state index in [0.717, 1.165) is 30.3 Å². The Labute approximate surface area is 109 Å². The molecule has 0 radical (unpaired) electrons. The van der Waals surface area contributed by atoms with E-state index in [9.17, 15) is 0 Å². The van der Waals surface area contributed by atoms with Gasteiger partial charge in [-0.05, 0) is 49.8 Å². The second-order valence-electron chi connectivity index (χ2n) is 5.46. The summed E-state index contributed by atoms with van der Waals surface area (Å²) in [5.41, 5.74) is 8.93. The maximum absolute atomic E-state index is 7.71. The standard InChI is InChI=1S/C15H23N3/c1-11-4-3-8-18(9-7-11)14-10-12(2)5-6-13(14)15(16)17/h5-6,10-11H,3-4,7-9H2,1-2H3,(H3,16,17). The van der Waals surface area contributed by atoms with Crippen LogP contribution in [0.25, 0.3) is 0 Å². The average Bonchev–Trinajstić information content (AvgIpc) is 2.53. The molecule has 0 aromatic heterocycles. The van der Waals surface area contributed by atoms with Gasteiger partial charge in [-0.1, -0.05) is 13.0 Å². The first-order valence-electron chi connectivity index (χ1n) is 6.78. The van der Waals surface area contributed by atoms with Gasteiger partial charge in [0.05, 0.1) is 0 Å². The second-order valence-corrected chi connectivity index (χ2v) is 5.46. The second kappa shape index (κ2) is 5.42. The van der Waals surface area contributed by atoms with Crippen LogP contribution in [-0.4, -0.2) is 18.9 Å². The number of nitrogens with two attached hydrogens (primary N) is 1. The molecule has 1 saturated heterocycles. The van der Waals surface area contributed by atoms with Crippen molar-refractivity contribution in [3.8, 4) is 0 Å². The van der Waals surface area contributed by atoms with Crippen LogP contribution in [0.1, 0.15) is 37.3 Å². The van der Waals surface area contributed by atoms with Gasteiger partial charge in [0.15, 0.2) is 0 Å². The summed E-state index contributed by atoms with van der Waals surface area (Å²) in [6.45, 7) is 6.57. The first-order chi connectivity index (χ1) is 8.58. The summed E-state index contributed by atoms with van der Waals surface area (Å²) in [5, 5.41) is 7.71. The van der Waals surface area contributed by atoms with Gasteiger partial charge in [-0.2, -0.15) is 0 Å². The molecule has 1 fully saturated rings. The normalized spacial score (nSPS) is 20.6. The highest BCUT2D eigenvalue weighted by Gasteiger charge is 2.17. The largest absolute Gasteiger partial charge is 0.384 e. The number of hydrogen-bond acceptors (Lipinski definition) is 2. The van der Waals surface area contributed by atoms with Crippen molar-refractivity contribution in [2.75, 3.05) is 18.0 Å². The molecule has 0 spiro atoms. The van der Waals surface area contributed by atoms with Crippen LogP contribution >= 0.6 is 0 Å². The predicted molar refractivity (Wildman–Crippen MR) is 77.4 cm³/mol. The number of aryl methyl sites for hydroxylation is 1. The van der Waals surface area contributed by atoms with E-state index in [0.29, 0.717) is 0 Å². The molecule has 2 rings (SSSR count). The van der Waals surface area contributed by atoms with Crippen LogP contribution in [-0.2, 0) is 0 Å². The van der Waals surface area contributed by atoms with E-state index in [1.165, 1.54) is 24.8 Å². The lowest BCUT2D eigenvalue weighted by Crippen LogP contribution is -2.27. The Morgan fingerprint density at radius 1 is 1.33 bits per heavy atom. The third-order valence-electron chi connectivity index (χ3n) is 3.80. The van der Waals surface area contributed by atoms with Crippen molar-refractivity contribution in [1.29, 1.82) is 5.41 Å². The van der Waals surface area contributed by atoms with Gasteiger partial charge in [-0.15, -0.1) is 0 Å². The molecule has 98 valence electrons.